The molecule has 0 amide bonds. The van der Waals surface area contributed by atoms with Gasteiger partial charge in [0, 0.05) is 6.42 Å². The van der Waals surface area contributed by atoms with Crippen LogP contribution in [-0.4, -0.2) is 20.2 Å². The quantitative estimate of drug-likeness (QED) is 0.737. The molecule has 0 aromatic heterocycles. The van der Waals surface area contributed by atoms with Gasteiger partial charge in [-0.15, -0.1) is 0 Å². The highest BCUT2D eigenvalue weighted by Crippen LogP contribution is 2.23. The highest BCUT2D eigenvalue weighted by Gasteiger charge is 2.06. The highest BCUT2D eigenvalue weighted by atomic mass is 16.5. The average Bonchev–Trinajstić information content (AvgIpc) is 2.31. The van der Waals surface area contributed by atoms with Gasteiger partial charge in [0.2, 0.25) is 0 Å². The maximum Gasteiger partial charge on any atom is 0.305 e. The van der Waals surface area contributed by atoms with Gasteiger partial charge in [-0.2, -0.15) is 0 Å². The maximum atomic E-state index is 11.0. The third-order valence-electron chi connectivity index (χ3n) is 2.91. The molecule has 94 valence electrons. The lowest BCUT2D eigenvalue weighted by molar-refractivity contribution is -0.140. The lowest BCUT2D eigenvalue weighted by Crippen LogP contribution is -2.01. The van der Waals surface area contributed by atoms with E-state index in [0.717, 1.165) is 24.2 Å². The summed E-state index contributed by atoms with van der Waals surface area (Å²) in [6, 6.07) is 4.17. The van der Waals surface area contributed by atoms with Crippen LogP contribution in [-0.2, 0) is 16.0 Å². The van der Waals surface area contributed by atoms with Crippen LogP contribution in [0, 0.1) is 13.8 Å². The molecule has 0 atom stereocenters. The summed E-state index contributed by atoms with van der Waals surface area (Å²) >= 11 is 0. The van der Waals surface area contributed by atoms with Crippen molar-refractivity contribution in [1.29, 1.82) is 0 Å². The first-order valence-corrected chi connectivity index (χ1v) is 5.79. The van der Waals surface area contributed by atoms with E-state index in [1.54, 1.807) is 7.11 Å². The Kier molecular flexibility index (Phi) is 5.01. The van der Waals surface area contributed by atoms with Crippen LogP contribution in [0.2, 0.25) is 0 Å². The van der Waals surface area contributed by atoms with Crippen molar-refractivity contribution >= 4 is 5.97 Å². The van der Waals surface area contributed by atoms with Crippen molar-refractivity contribution in [2.75, 3.05) is 14.2 Å². The van der Waals surface area contributed by atoms with Crippen molar-refractivity contribution < 1.29 is 14.3 Å². The van der Waals surface area contributed by atoms with Gasteiger partial charge in [0.25, 0.3) is 0 Å². The number of ether oxygens (including phenoxy) is 2. The molecule has 3 nitrogen and oxygen atoms in total. The predicted molar refractivity (Wildman–Crippen MR) is 67.4 cm³/mol. The molecule has 3 heteroatoms. The minimum Gasteiger partial charge on any atom is -0.496 e. The maximum absolute atomic E-state index is 11.0. The monoisotopic (exact) mass is 236 g/mol. The average molecular weight is 236 g/mol. The van der Waals surface area contributed by atoms with Crippen LogP contribution in [0.25, 0.3) is 0 Å². The van der Waals surface area contributed by atoms with Crippen LogP contribution in [0.15, 0.2) is 12.1 Å². The molecular weight excluding hydrogens is 216 g/mol. The van der Waals surface area contributed by atoms with Crippen LogP contribution in [0.4, 0.5) is 0 Å². The molecule has 0 spiro atoms. The third-order valence-corrected chi connectivity index (χ3v) is 2.91. The molecule has 0 heterocycles. The molecule has 1 aromatic rings. The van der Waals surface area contributed by atoms with Gasteiger partial charge in [-0.1, -0.05) is 6.07 Å². The fourth-order valence-corrected chi connectivity index (χ4v) is 1.89. The van der Waals surface area contributed by atoms with E-state index in [4.69, 9.17) is 4.74 Å². The van der Waals surface area contributed by atoms with Gasteiger partial charge in [0.15, 0.2) is 0 Å². The minimum atomic E-state index is -0.151. The van der Waals surface area contributed by atoms with Crippen molar-refractivity contribution in [3.05, 3.63) is 28.8 Å². The summed E-state index contributed by atoms with van der Waals surface area (Å²) in [4.78, 5) is 11.0. The Bertz CT molecular complexity index is 397. The molecule has 0 saturated carbocycles. The van der Waals surface area contributed by atoms with Gasteiger partial charge >= 0.3 is 5.97 Å². The predicted octanol–water partition coefficient (Wildman–Crippen LogP) is 2.81. The first-order valence-electron chi connectivity index (χ1n) is 5.79. The van der Waals surface area contributed by atoms with E-state index >= 15 is 0 Å². The molecule has 1 aromatic carbocycles. The number of methoxy groups -OCH3 is 2. The molecular formula is C14H20O3. The number of esters is 1. The van der Waals surface area contributed by atoms with E-state index < -0.39 is 0 Å². The van der Waals surface area contributed by atoms with Gasteiger partial charge in [0.1, 0.15) is 5.75 Å². The second kappa shape index (κ2) is 6.28. The molecule has 0 aliphatic rings. The summed E-state index contributed by atoms with van der Waals surface area (Å²) in [5, 5.41) is 0. The standard InChI is InChI=1S/C14H20O3/c1-10-8-11(2)13(16-3)9-12(10)6-5-7-14(15)17-4/h8-9H,5-7H2,1-4H3. The number of rotatable bonds is 5. The zero-order valence-corrected chi connectivity index (χ0v) is 11.0. The number of hydrogen-bond acceptors (Lipinski definition) is 3. The van der Waals surface area contributed by atoms with E-state index in [1.165, 1.54) is 18.2 Å². The first-order chi connectivity index (χ1) is 8.08. The first kappa shape index (κ1) is 13.6. The lowest BCUT2D eigenvalue weighted by atomic mass is 10.00. The topological polar surface area (TPSA) is 35.5 Å². The van der Waals surface area contributed by atoms with Crippen LogP contribution in [0.1, 0.15) is 29.5 Å². The second-order valence-electron chi connectivity index (χ2n) is 4.18. The third kappa shape index (κ3) is 3.77. The van der Waals surface area contributed by atoms with Crippen molar-refractivity contribution in [2.45, 2.75) is 33.1 Å². The Hall–Kier alpha value is -1.51. The van der Waals surface area contributed by atoms with Gasteiger partial charge in [-0.3, -0.25) is 4.79 Å². The summed E-state index contributed by atoms with van der Waals surface area (Å²) in [6.45, 7) is 4.12. The van der Waals surface area contributed by atoms with Gasteiger partial charge < -0.3 is 9.47 Å². The zero-order valence-electron chi connectivity index (χ0n) is 11.0. The Balaban J connectivity index is 2.67. The van der Waals surface area contributed by atoms with Gasteiger partial charge in [0.05, 0.1) is 14.2 Å². The Morgan fingerprint density at radius 2 is 1.88 bits per heavy atom. The zero-order chi connectivity index (χ0) is 12.8. The molecule has 0 saturated heterocycles. The van der Waals surface area contributed by atoms with Crippen LogP contribution < -0.4 is 4.74 Å². The van der Waals surface area contributed by atoms with E-state index in [1.807, 2.05) is 6.92 Å². The molecule has 0 aliphatic heterocycles. The van der Waals surface area contributed by atoms with E-state index in [2.05, 4.69) is 23.8 Å². The lowest BCUT2D eigenvalue weighted by Gasteiger charge is -2.11. The minimum absolute atomic E-state index is 0.151. The van der Waals surface area contributed by atoms with Crippen LogP contribution in [0.3, 0.4) is 0 Å². The number of aryl methyl sites for hydroxylation is 3. The number of benzene rings is 1. The summed E-state index contributed by atoms with van der Waals surface area (Å²) in [7, 11) is 3.10. The van der Waals surface area contributed by atoms with Crippen molar-refractivity contribution in [2.24, 2.45) is 0 Å². The summed E-state index contributed by atoms with van der Waals surface area (Å²) in [6.07, 6.45) is 2.14. The van der Waals surface area contributed by atoms with Gasteiger partial charge in [-0.25, -0.2) is 0 Å². The van der Waals surface area contributed by atoms with Crippen LogP contribution in [0.5, 0.6) is 5.75 Å². The summed E-state index contributed by atoms with van der Waals surface area (Å²) in [5.41, 5.74) is 3.62. The van der Waals surface area contributed by atoms with Crippen molar-refractivity contribution in [3.8, 4) is 5.75 Å². The van der Waals surface area contributed by atoms with E-state index in [-0.39, 0.29) is 5.97 Å². The number of carbonyl (C=O) groups is 1. The smallest absolute Gasteiger partial charge is 0.305 e. The normalized spacial score (nSPS) is 10.1. The fraction of sp³-hybridized carbons (Fsp3) is 0.500. The molecule has 0 fully saturated rings. The second-order valence-corrected chi connectivity index (χ2v) is 4.18. The number of hydrogen-bond donors (Lipinski definition) is 0. The molecule has 1 rings (SSSR count). The molecule has 0 bridgehead atoms. The molecule has 0 aliphatic carbocycles. The summed E-state index contributed by atoms with van der Waals surface area (Å²) in [5.74, 6) is 0.755. The Morgan fingerprint density at radius 3 is 2.47 bits per heavy atom. The van der Waals surface area contributed by atoms with Crippen LogP contribution >= 0.6 is 0 Å². The Labute approximate surface area is 103 Å². The largest absolute Gasteiger partial charge is 0.496 e. The van der Waals surface area contributed by atoms with E-state index in [0.29, 0.717) is 6.42 Å². The van der Waals surface area contributed by atoms with Crippen molar-refractivity contribution in [1.82, 2.24) is 0 Å². The SMILES string of the molecule is COC(=O)CCCc1cc(OC)c(C)cc1C. The summed E-state index contributed by atoms with van der Waals surface area (Å²) < 4.78 is 9.92. The molecule has 17 heavy (non-hydrogen) atoms. The molecule has 0 unspecified atom stereocenters. The van der Waals surface area contributed by atoms with Gasteiger partial charge in [-0.05, 0) is 49.4 Å². The molecule has 0 N–H and O–H groups in total. The van der Waals surface area contributed by atoms with E-state index in [9.17, 15) is 4.79 Å². The number of carbonyl (C=O) groups excluding carboxylic acids is 1. The fourth-order valence-electron chi connectivity index (χ4n) is 1.89. The highest BCUT2D eigenvalue weighted by molar-refractivity contribution is 5.69. The molecule has 0 radical (unpaired) electrons. The Morgan fingerprint density at radius 1 is 1.18 bits per heavy atom. The van der Waals surface area contributed by atoms with Crippen molar-refractivity contribution in [3.63, 3.8) is 0 Å².